The number of benzene rings is 1. The van der Waals surface area contributed by atoms with Crippen molar-refractivity contribution in [3.8, 4) is 5.69 Å². The van der Waals surface area contributed by atoms with Gasteiger partial charge in [-0.25, -0.2) is 0 Å². The highest BCUT2D eigenvalue weighted by Crippen LogP contribution is 2.25. The first kappa shape index (κ1) is 13.1. The summed E-state index contributed by atoms with van der Waals surface area (Å²) in [5.74, 6) is 0. The summed E-state index contributed by atoms with van der Waals surface area (Å²) < 4.78 is 3.23. The normalized spacial score (nSPS) is 10.7. The highest BCUT2D eigenvalue weighted by Gasteiger charge is 2.12. The van der Waals surface area contributed by atoms with E-state index < -0.39 is 0 Å². The Hall–Kier alpha value is -1.35. The van der Waals surface area contributed by atoms with Crippen molar-refractivity contribution in [1.29, 1.82) is 0 Å². The van der Waals surface area contributed by atoms with Crippen LogP contribution in [0.2, 0.25) is 0 Å². The lowest BCUT2D eigenvalue weighted by Crippen LogP contribution is -2.03. The molecule has 0 aliphatic rings. The number of hydrogen-bond acceptors (Lipinski definition) is 1. The number of aldehydes is 1. The van der Waals surface area contributed by atoms with Crippen molar-refractivity contribution in [3.63, 3.8) is 0 Å². The lowest BCUT2D eigenvalue weighted by molar-refractivity contribution is 0.112. The Morgan fingerprint density at radius 3 is 2.56 bits per heavy atom. The molecule has 3 heteroatoms. The van der Waals surface area contributed by atoms with Gasteiger partial charge in [0.25, 0.3) is 0 Å². The molecule has 18 heavy (non-hydrogen) atoms. The summed E-state index contributed by atoms with van der Waals surface area (Å²) in [4.78, 5) is 11.0. The van der Waals surface area contributed by atoms with Crippen LogP contribution in [0.25, 0.3) is 5.69 Å². The first-order chi connectivity index (χ1) is 8.58. The van der Waals surface area contributed by atoms with E-state index in [4.69, 9.17) is 0 Å². The van der Waals surface area contributed by atoms with Gasteiger partial charge in [-0.2, -0.15) is 0 Å². The fourth-order valence-electron chi connectivity index (χ4n) is 2.33. The van der Waals surface area contributed by atoms with Gasteiger partial charge >= 0.3 is 0 Å². The van der Waals surface area contributed by atoms with Crippen molar-refractivity contribution in [2.24, 2.45) is 0 Å². The Kier molecular flexibility index (Phi) is 3.71. The molecule has 2 nitrogen and oxygen atoms in total. The number of halogens is 1. The summed E-state index contributed by atoms with van der Waals surface area (Å²) in [5, 5.41) is 0. The van der Waals surface area contributed by atoms with E-state index in [-0.39, 0.29) is 0 Å². The van der Waals surface area contributed by atoms with E-state index in [2.05, 4.69) is 39.6 Å². The third-order valence-corrected chi connectivity index (χ3v) is 3.75. The highest BCUT2D eigenvalue weighted by molar-refractivity contribution is 9.10. The summed E-state index contributed by atoms with van der Waals surface area (Å²) in [6, 6.07) is 8.20. The molecule has 0 aliphatic carbocycles. The Balaban J connectivity index is 2.69. The van der Waals surface area contributed by atoms with Crippen molar-refractivity contribution in [3.05, 3.63) is 51.3 Å². The maximum absolute atomic E-state index is 11.0. The summed E-state index contributed by atoms with van der Waals surface area (Å²) in [6.45, 7) is 6.15. The minimum atomic E-state index is 0.762. The van der Waals surface area contributed by atoms with Crippen LogP contribution in [0.15, 0.2) is 28.7 Å². The molecule has 0 atom stereocenters. The van der Waals surface area contributed by atoms with E-state index >= 15 is 0 Å². The van der Waals surface area contributed by atoms with Crippen molar-refractivity contribution in [2.45, 2.75) is 27.2 Å². The number of aryl methyl sites for hydroxylation is 2. The largest absolute Gasteiger partial charge is 0.317 e. The topological polar surface area (TPSA) is 22.0 Å². The zero-order valence-electron chi connectivity index (χ0n) is 10.8. The molecule has 0 amide bonds. The highest BCUT2D eigenvalue weighted by atomic mass is 79.9. The van der Waals surface area contributed by atoms with Crippen LogP contribution in [0.4, 0.5) is 0 Å². The van der Waals surface area contributed by atoms with E-state index in [1.54, 1.807) is 0 Å². The standard InChI is InChI=1S/C15H16BrNO/c1-4-12-8-14(16)5-6-15(12)17-10(2)7-13(9-18)11(17)3/h5-9H,4H2,1-3H3. The molecular weight excluding hydrogens is 290 g/mol. The van der Waals surface area contributed by atoms with E-state index in [1.807, 2.05) is 26.0 Å². The van der Waals surface area contributed by atoms with Gasteiger partial charge in [-0.15, -0.1) is 0 Å². The summed E-state index contributed by atoms with van der Waals surface area (Å²) in [6.07, 6.45) is 1.88. The predicted molar refractivity (Wildman–Crippen MR) is 77.7 cm³/mol. The van der Waals surface area contributed by atoms with E-state index in [9.17, 15) is 4.79 Å². The molecule has 94 valence electrons. The molecule has 0 spiro atoms. The summed E-state index contributed by atoms with van der Waals surface area (Å²) in [7, 11) is 0. The molecule has 1 heterocycles. The van der Waals surface area contributed by atoms with Gasteiger partial charge in [-0.3, -0.25) is 4.79 Å². The number of rotatable bonds is 3. The number of aromatic nitrogens is 1. The van der Waals surface area contributed by atoms with Gasteiger partial charge in [-0.1, -0.05) is 22.9 Å². The quantitative estimate of drug-likeness (QED) is 0.778. The molecular formula is C15H16BrNO. The molecule has 0 unspecified atom stereocenters. The van der Waals surface area contributed by atoms with Crippen LogP contribution in [0.3, 0.4) is 0 Å². The summed E-state index contributed by atoms with van der Waals surface area (Å²) in [5.41, 5.74) is 5.27. The molecule has 1 aromatic carbocycles. The Bertz CT molecular complexity index is 599. The second kappa shape index (κ2) is 5.11. The predicted octanol–water partition coefficient (Wildman–Crippen LogP) is 4.23. The van der Waals surface area contributed by atoms with Crippen LogP contribution in [0.1, 0.15) is 34.2 Å². The maximum Gasteiger partial charge on any atom is 0.151 e. The van der Waals surface area contributed by atoms with Gasteiger partial charge in [0, 0.05) is 27.1 Å². The third kappa shape index (κ3) is 2.15. The maximum atomic E-state index is 11.0. The number of carbonyl (C=O) groups excluding carboxylic acids is 1. The number of hydrogen-bond donors (Lipinski definition) is 0. The second-order valence-corrected chi connectivity index (χ2v) is 5.32. The van der Waals surface area contributed by atoms with Gasteiger partial charge in [0.05, 0.1) is 0 Å². The molecule has 1 aromatic heterocycles. The fourth-order valence-corrected chi connectivity index (χ4v) is 2.74. The first-order valence-electron chi connectivity index (χ1n) is 6.01. The van der Waals surface area contributed by atoms with E-state index in [0.717, 1.165) is 39.8 Å². The van der Waals surface area contributed by atoms with Crippen molar-refractivity contribution < 1.29 is 4.79 Å². The summed E-state index contributed by atoms with van der Waals surface area (Å²) >= 11 is 3.50. The van der Waals surface area contributed by atoms with Gasteiger partial charge in [-0.05, 0) is 50.1 Å². The molecule has 0 radical (unpaired) electrons. The van der Waals surface area contributed by atoms with E-state index in [1.165, 1.54) is 5.56 Å². The Morgan fingerprint density at radius 2 is 2.00 bits per heavy atom. The number of nitrogens with zero attached hydrogens (tertiary/aromatic N) is 1. The molecule has 0 saturated heterocycles. The van der Waals surface area contributed by atoms with Gasteiger partial charge in [0.2, 0.25) is 0 Å². The molecule has 0 saturated carbocycles. The Labute approximate surface area is 116 Å². The lowest BCUT2D eigenvalue weighted by Gasteiger charge is -2.14. The molecule has 0 fully saturated rings. The fraction of sp³-hybridized carbons (Fsp3) is 0.267. The van der Waals surface area contributed by atoms with Crippen LogP contribution >= 0.6 is 15.9 Å². The van der Waals surface area contributed by atoms with Gasteiger partial charge < -0.3 is 4.57 Å². The zero-order valence-corrected chi connectivity index (χ0v) is 12.4. The number of carbonyl (C=O) groups is 1. The lowest BCUT2D eigenvalue weighted by atomic mass is 10.1. The van der Waals surface area contributed by atoms with Crippen LogP contribution in [0.5, 0.6) is 0 Å². The van der Waals surface area contributed by atoms with Crippen LogP contribution in [0, 0.1) is 13.8 Å². The monoisotopic (exact) mass is 305 g/mol. The SMILES string of the molecule is CCc1cc(Br)ccc1-n1c(C)cc(C=O)c1C. The molecule has 0 N–H and O–H groups in total. The average molecular weight is 306 g/mol. The van der Waals surface area contributed by atoms with Crippen LogP contribution < -0.4 is 0 Å². The smallest absolute Gasteiger partial charge is 0.151 e. The molecule has 2 rings (SSSR count). The molecule has 0 bridgehead atoms. The first-order valence-corrected chi connectivity index (χ1v) is 6.80. The molecule has 2 aromatic rings. The third-order valence-electron chi connectivity index (χ3n) is 3.26. The zero-order chi connectivity index (χ0) is 13.3. The minimum Gasteiger partial charge on any atom is -0.317 e. The van der Waals surface area contributed by atoms with E-state index in [0.29, 0.717) is 0 Å². The van der Waals surface area contributed by atoms with Gasteiger partial charge in [0.15, 0.2) is 6.29 Å². The second-order valence-electron chi connectivity index (χ2n) is 4.41. The van der Waals surface area contributed by atoms with Crippen molar-refractivity contribution in [2.75, 3.05) is 0 Å². The van der Waals surface area contributed by atoms with Crippen LogP contribution in [-0.2, 0) is 6.42 Å². The molecule has 0 aliphatic heterocycles. The minimum absolute atomic E-state index is 0.762. The van der Waals surface area contributed by atoms with Gasteiger partial charge in [0.1, 0.15) is 0 Å². The van der Waals surface area contributed by atoms with Crippen molar-refractivity contribution in [1.82, 2.24) is 4.57 Å². The van der Waals surface area contributed by atoms with Crippen molar-refractivity contribution >= 4 is 22.2 Å². The van der Waals surface area contributed by atoms with Crippen LogP contribution in [-0.4, -0.2) is 10.9 Å². The Morgan fingerprint density at radius 1 is 1.28 bits per heavy atom. The average Bonchev–Trinajstić information content (AvgIpc) is 2.64.